The van der Waals surface area contributed by atoms with E-state index in [1.807, 2.05) is 24.3 Å². The van der Waals surface area contributed by atoms with Crippen molar-refractivity contribution in [3.8, 4) is 0 Å². The standard InChI is InChI=1S/C15H22N2O2S/c1-11(16-9-15(19)6-7-20-10-15)13-4-3-5-14(8-13)17-12(2)18/h3-5,8,11,16,19H,6-7,9-10H2,1-2H3,(H,17,18). The van der Waals surface area contributed by atoms with Gasteiger partial charge in [0.2, 0.25) is 5.91 Å². The molecule has 2 rings (SSSR count). The lowest BCUT2D eigenvalue weighted by molar-refractivity contribution is -0.114. The number of amides is 1. The fourth-order valence-corrected chi connectivity index (χ4v) is 3.58. The molecule has 1 aliphatic heterocycles. The monoisotopic (exact) mass is 294 g/mol. The van der Waals surface area contributed by atoms with Crippen LogP contribution in [0, 0.1) is 0 Å². The van der Waals surface area contributed by atoms with Gasteiger partial charge in [-0.2, -0.15) is 11.8 Å². The van der Waals surface area contributed by atoms with Crippen LogP contribution in [0.5, 0.6) is 0 Å². The van der Waals surface area contributed by atoms with Crippen molar-refractivity contribution in [2.75, 3.05) is 23.4 Å². The molecule has 3 N–H and O–H groups in total. The molecule has 1 heterocycles. The molecule has 4 nitrogen and oxygen atoms in total. The Morgan fingerprint density at radius 2 is 2.35 bits per heavy atom. The molecule has 110 valence electrons. The summed E-state index contributed by atoms with van der Waals surface area (Å²) < 4.78 is 0. The first-order valence-corrected chi connectivity index (χ1v) is 8.05. The zero-order chi connectivity index (χ0) is 14.6. The minimum Gasteiger partial charge on any atom is -0.388 e. The van der Waals surface area contributed by atoms with Crippen LogP contribution in [0.25, 0.3) is 0 Å². The van der Waals surface area contributed by atoms with Crippen molar-refractivity contribution >= 4 is 23.4 Å². The predicted octanol–water partition coefficient (Wildman–Crippen LogP) is 2.16. The van der Waals surface area contributed by atoms with Crippen molar-refractivity contribution in [3.63, 3.8) is 0 Å². The Bertz CT molecular complexity index is 473. The molecule has 0 saturated carbocycles. The van der Waals surface area contributed by atoms with Gasteiger partial charge in [-0.25, -0.2) is 0 Å². The first-order valence-electron chi connectivity index (χ1n) is 6.90. The van der Waals surface area contributed by atoms with E-state index in [-0.39, 0.29) is 11.9 Å². The van der Waals surface area contributed by atoms with Gasteiger partial charge in [0.05, 0.1) is 5.60 Å². The maximum absolute atomic E-state index is 11.1. The van der Waals surface area contributed by atoms with E-state index in [0.717, 1.165) is 29.2 Å². The highest BCUT2D eigenvalue weighted by molar-refractivity contribution is 7.99. The van der Waals surface area contributed by atoms with Crippen LogP contribution in [0.3, 0.4) is 0 Å². The lowest BCUT2D eigenvalue weighted by Gasteiger charge is -2.25. The van der Waals surface area contributed by atoms with Crippen LogP contribution in [-0.4, -0.2) is 34.7 Å². The smallest absolute Gasteiger partial charge is 0.221 e. The van der Waals surface area contributed by atoms with Crippen molar-refractivity contribution in [1.82, 2.24) is 5.32 Å². The number of hydrogen-bond donors (Lipinski definition) is 3. The number of nitrogens with one attached hydrogen (secondary N) is 2. The normalized spacial score (nSPS) is 23.6. The maximum atomic E-state index is 11.1. The average Bonchev–Trinajstić information content (AvgIpc) is 2.83. The largest absolute Gasteiger partial charge is 0.388 e. The number of hydrogen-bond acceptors (Lipinski definition) is 4. The van der Waals surface area contributed by atoms with Gasteiger partial charge < -0.3 is 15.7 Å². The molecule has 0 radical (unpaired) electrons. The Hall–Kier alpha value is -1.04. The molecule has 1 aliphatic rings. The van der Waals surface area contributed by atoms with E-state index in [1.54, 1.807) is 11.8 Å². The Morgan fingerprint density at radius 3 is 3.00 bits per heavy atom. The van der Waals surface area contributed by atoms with E-state index < -0.39 is 5.60 Å². The summed E-state index contributed by atoms with van der Waals surface area (Å²) in [6, 6.07) is 7.93. The number of thioether (sulfide) groups is 1. The van der Waals surface area contributed by atoms with Gasteiger partial charge in [0.25, 0.3) is 0 Å². The Balaban J connectivity index is 1.94. The highest BCUT2D eigenvalue weighted by Crippen LogP contribution is 2.28. The average molecular weight is 294 g/mol. The number of anilines is 1. The number of aliphatic hydroxyl groups is 1. The Labute approximate surface area is 124 Å². The minimum atomic E-state index is -0.575. The van der Waals surface area contributed by atoms with Crippen LogP contribution >= 0.6 is 11.8 Å². The van der Waals surface area contributed by atoms with Gasteiger partial charge in [0.15, 0.2) is 0 Å². The zero-order valence-corrected chi connectivity index (χ0v) is 12.8. The van der Waals surface area contributed by atoms with Gasteiger partial charge >= 0.3 is 0 Å². The highest BCUT2D eigenvalue weighted by Gasteiger charge is 2.31. The lowest BCUT2D eigenvalue weighted by Crippen LogP contribution is -2.41. The Morgan fingerprint density at radius 1 is 1.55 bits per heavy atom. The van der Waals surface area contributed by atoms with E-state index in [1.165, 1.54) is 6.92 Å². The molecule has 1 saturated heterocycles. The molecule has 0 spiro atoms. The predicted molar refractivity (Wildman–Crippen MR) is 84.1 cm³/mol. The maximum Gasteiger partial charge on any atom is 0.221 e. The molecule has 1 aromatic carbocycles. The van der Waals surface area contributed by atoms with Crippen molar-refractivity contribution < 1.29 is 9.90 Å². The van der Waals surface area contributed by atoms with Crippen LogP contribution in [0.1, 0.15) is 31.9 Å². The van der Waals surface area contributed by atoms with Gasteiger partial charge in [-0.05, 0) is 36.8 Å². The molecule has 2 unspecified atom stereocenters. The fourth-order valence-electron chi connectivity index (χ4n) is 2.29. The van der Waals surface area contributed by atoms with Gasteiger partial charge in [-0.15, -0.1) is 0 Å². The summed E-state index contributed by atoms with van der Waals surface area (Å²) >= 11 is 1.80. The number of carbonyl (C=O) groups excluding carboxylic acids is 1. The summed E-state index contributed by atoms with van der Waals surface area (Å²) in [7, 11) is 0. The fraction of sp³-hybridized carbons (Fsp3) is 0.533. The van der Waals surface area contributed by atoms with Crippen molar-refractivity contribution in [3.05, 3.63) is 29.8 Å². The molecular formula is C15H22N2O2S. The number of benzene rings is 1. The van der Waals surface area contributed by atoms with Gasteiger partial charge in [0.1, 0.15) is 0 Å². The van der Waals surface area contributed by atoms with E-state index in [4.69, 9.17) is 0 Å². The first kappa shape index (κ1) is 15.4. The number of carbonyl (C=O) groups is 1. The third-order valence-electron chi connectivity index (χ3n) is 3.53. The van der Waals surface area contributed by atoms with Crippen LogP contribution in [0.2, 0.25) is 0 Å². The zero-order valence-electron chi connectivity index (χ0n) is 12.0. The second-order valence-electron chi connectivity index (χ2n) is 5.44. The minimum absolute atomic E-state index is 0.0694. The van der Waals surface area contributed by atoms with Gasteiger partial charge in [0, 0.05) is 31.0 Å². The summed E-state index contributed by atoms with van der Waals surface area (Å²) in [5.74, 6) is 1.77. The summed E-state index contributed by atoms with van der Waals surface area (Å²) in [4.78, 5) is 11.1. The third-order valence-corrected chi connectivity index (χ3v) is 4.76. The van der Waals surface area contributed by atoms with Gasteiger partial charge in [-0.1, -0.05) is 12.1 Å². The Kier molecular flexibility index (Phi) is 5.07. The summed E-state index contributed by atoms with van der Waals surface area (Å²) in [5, 5.41) is 16.5. The number of rotatable bonds is 5. The molecule has 1 amide bonds. The molecule has 2 atom stereocenters. The van der Waals surface area contributed by atoms with Crippen LogP contribution in [0.4, 0.5) is 5.69 Å². The quantitative estimate of drug-likeness (QED) is 0.779. The summed E-state index contributed by atoms with van der Waals surface area (Å²) in [5.41, 5.74) is 1.33. The van der Waals surface area contributed by atoms with E-state index in [9.17, 15) is 9.90 Å². The van der Waals surface area contributed by atoms with Crippen molar-refractivity contribution in [1.29, 1.82) is 0 Å². The van der Waals surface area contributed by atoms with Crippen molar-refractivity contribution in [2.24, 2.45) is 0 Å². The molecule has 1 fully saturated rings. The summed E-state index contributed by atoms with van der Waals surface area (Å²) in [6.07, 6.45) is 0.851. The highest BCUT2D eigenvalue weighted by atomic mass is 32.2. The topological polar surface area (TPSA) is 61.4 Å². The molecular weight excluding hydrogens is 272 g/mol. The second-order valence-corrected chi connectivity index (χ2v) is 6.54. The van der Waals surface area contributed by atoms with E-state index >= 15 is 0 Å². The molecule has 20 heavy (non-hydrogen) atoms. The summed E-state index contributed by atoms with van der Waals surface area (Å²) in [6.45, 7) is 4.17. The van der Waals surface area contributed by atoms with E-state index in [0.29, 0.717) is 6.54 Å². The first-order chi connectivity index (χ1) is 9.48. The molecule has 1 aromatic rings. The van der Waals surface area contributed by atoms with Gasteiger partial charge in [-0.3, -0.25) is 4.79 Å². The SMILES string of the molecule is CC(=O)Nc1cccc(C(C)NCC2(O)CCSC2)c1. The van der Waals surface area contributed by atoms with Crippen molar-refractivity contribution in [2.45, 2.75) is 31.9 Å². The van der Waals surface area contributed by atoms with E-state index in [2.05, 4.69) is 17.6 Å². The van der Waals surface area contributed by atoms with Crippen LogP contribution in [0.15, 0.2) is 24.3 Å². The third kappa shape index (κ3) is 4.23. The second kappa shape index (κ2) is 6.61. The molecule has 0 aromatic heterocycles. The van der Waals surface area contributed by atoms with Crippen LogP contribution < -0.4 is 10.6 Å². The lowest BCUT2D eigenvalue weighted by atomic mass is 10.0. The molecule has 0 aliphatic carbocycles. The molecule has 5 heteroatoms. The molecule has 0 bridgehead atoms. The van der Waals surface area contributed by atoms with Crippen LogP contribution in [-0.2, 0) is 4.79 Å².